The first-order chi connectivity index (χ1) is 8.74. The van der Waals surface area contributed by atoms with Crippen LogP contribution < -0.4 is 11.1 Å². The van der Waals surface area contributed by atoms with Crippen LogP contribution in [-0.4, -0.2) is 5.91 Å². The van der Waals surface area contributed by atoms with E-state index in [2.05, 4.69) is 5.32 Å². The third-order valence-corrected chi connectivity index (χ3v) is 3.33. The molecule has 0 bridgehead atoms. The van der Waals surface area contributed by atoms with Crippen molar-refractivity contribution in [3.63, 3.8) is 0 Å². The van der Waals surface area contributed by atoms with Crippen LogP contribution in [0.15, 0.2) is 48.5 Å². The summed E-state index contributed by atoms with van der Waals surface area (Å²) in [5.74, 6) is -0.0159. The predicted octanol–water partition coefficient (Wildman–Crippen LogP) is 2.55. The zero-order valence-electron chi connectivity index (χ0n) is 9.89. The van der Waals surface area contributed by atoms with Gasteiger partial charge >= 0.3 is 0 Å². The number of hydrogen-bond donors (Lipinski definition) is 2. The lowest BCUT2D eigenvalue weighted by Gasteiger charge is -2.08. The first kappa shape index (κ1) is 10.8. The van der Waals surface area contributed by atoms with Crippen molar-refractivity contribution in [1.29, 1.82) is 0 Å². The smallest absolute Gasteiger partial charge is 0.232 e. The number of rotatable bonds is 2. The molecule has 0 fully saturated rings. The highest BCUT2D eigenvalue weighted by molar-refractivity contribution is 6.03. The van der Waals surface area contributed by atoms with E-state index in [4.69, 9.17) is 5.73 Å². The minimum atomic E-state index is -0.0928. The molecule has 1 amide bonds. The van der Waals surface area contributed by atoms with Crippen molar-refractivity contribution >= 4 is 17.3 Å². The van der Waals surface area contributed by atoms with Crippen LogP contribution >= 0.6 is 0 Å². The van der Waals surface area contributed by atoms with Gasteiger partial charge in [-0.1, -0.05) is 30.3 Å². The van der Waals surface area contributed by atoms with E-state index in [1.54, 1.807) is 0 Å². The summed E-state index contributed by atoms with van der Waals surface area (Å²) >= 11 is 0. The van der Waals surface area contributed by atoms with Crippen molar-refractivity contribution in [3.8, 4) is 0 Å². The maximum Gasteiger partial charge on any atom is 0.232 e. The summed E-state index contributed by atoms with van der Waals surface area (Å²) in [6.07, 6.45) is 0.711. The normalized spacial score (nSPS) is 17.3. The van der Waals surface area contributed by atoms with Gasteiger partial charge in [0, 0.05) is 11.4 Å². The number of carbonyl (C=O) groups is 1. The molecule has 1 atom stereocenters. The Labute approximate surface area is 106 Å². The second kappa shape index (κ2) is 4.18. The predicted molar refractivity (Wildman–Crippen MR) is 72.4 cm³/mol. The molecule has 0 unspecified atom stereocenters. The van der Waals surface area contributed by atoms with E-state index in [1.807, 2.05) is 48.5 Å². The highest BCUT2D eigenvalue weighted by Gasteiger charge is 2.29. The molecule has 1 heterocycles. The van der Waals surface area contributed by atoms with E-state index in [1.165, 1.54) is 0 Å². The molecule has 1 aliphatic heterocycles. The number of carbonyl (C=O) groups excluding carboxylic acids is 1. The van der Waals surface area contributed by atoms with E-state index in [-0.39, 0.29) is 11.8 Å². The van der Waals surface area contributed by atoms with Crippen LogP contribution in [-0.2, 0) is 11.2 Å². The summed E-state index contributed by atoms with van der Waals surface area (Å²) in [5, 5.41) is 2.92. The van der Waals surface area contributed by atoms with Crippen molar-refractivity contribution in [2.24, 2.45) is 0 Å². The number of anilines is 2. The summed E-state index contributed by atoms with van der Waals surface area (Å²) in [5.41, 5.74) is 9.55. The third kappa shape index (κ3) is 1.84. The fourth-order valence-corrected chi connectivity index (χ4v) is 2.37. The second-order valence-corrected chi connectivity index (χ2v) is 4.57. The van der Waals surface area contributed by atoms with Crippen molar-refractivity contribution in [2.45, 2.75) is 12.3 Å². The summed E-state index contributed by atoms with van der Waals surface area (Å²) < 4.78 is 0. The molecule has 3 heteroatoms. The SMILES string of the molecule is Nc1ccc(C[C@@H]2C(=O)Nc3ccccc32)cc1. The van der Waals surface area contributed by atoms with E-state index >= 15 is 0 Å². The Morgan fingerprint density at radius 3 is 2.56 bits per heavy atom. The van der Waals surface area contributed by atoms with Gasteiger partial charge in [0.1, 0.15) is 0 Å². The van der Waals surface area contributed by atoms with Crippen LogP contribution in [0, 0.1) is 0 Å². The zero-order chi connectivity index (χ0) is 12.5. The number of amides is 1. The molecule has 0 aromatic heterocycles. The second-order valence-electron chi connectivity index (χ2n) is 4.57. The summed E-state index contributed by atoms with van der Waals surface area (Å²) in [4.78, 5) is 12.0. The minimum absolute atomic E-state index is 0.0769. The van der Waals surface area contributed by atoms with Crippen molar-refractivity contribution in [1.82, 2.24) is 0 Å². The molecule has 2 aromatic carbocycles. The Hall–Kier alpha value is -2.29. The molecule has 0 saturated heterocycles. The molecule has 3 N–H and O–H groups in total. The number of benzene rings is 2. The lowest BCUT2D eigenvalue weighted by atomic mass is 9.93. The van der Waals surface area contributed by atoms with Crippen molar-refractivity contribution < 1.29 is 4.79 Å². The van der Waals surface area contributed by atoms with E-state index in [0.717, 1.165) is 22.5 Å². The molecule has 3 rings (SSSR count). The zero-order valence-corrected chi connectivity index (χ0v) is 9.89. The van der Waals surface area contributed by atoms with Crippen LogP contribution in [0.3, 0.4) is 0 Å². The quantitative estimate of drug-likeness (QED) is 0.790. The van der Waals surface area contributed by atoms with Gasteiger partial charge in [-0.3, -0.25) is 4.79 Å². The van der Waals surface area contributed by atoms with Gasteiger partial charge in [-0.05, 0) is 35.7 Å². The third-order valence-electron chi connectivity index (χ3n) is 3.33. The first-order valence-corrected chi connectivity index (χ1v) is 5.98. The first-order valence-electron chi connectivity index (χ1n) is 5.98. The number of nitrogen functional groups attached to an aromatic ring is 1. The topological polar surface area (TPSA) is 55.1 Å². The molecule has 1 aliphatic rings. The summed E-state index contributed by atoms with van der Waals surface area (Å²) in [7, 11) is 0. The Morgan fingerprint density at radius 1 is 1.06 bits per heavy atom. The van der Waals surface area contributed by atoms with Crippen LogP contribution in [0.2, 0.25) is 0 Å². The molecule has 0 spiro atoms. The Bertz CT molecular complexity index is 590. The number of hydrogen-bond acceptors (Lipinski definition) is 2. The van der Waals surface area contributed by atoms with Gasteiger partial charge in [0.05, 0.1) is 5.92 Å². The largest absolute Gasteiger partial charge is 0.399 e. The number of nitrogens with one attached hydrogen (secondary N) is 1. The fourth-order valence-electron chi connectivity index (χ4n) is 2.37. The molecule has 2 aromatic rings. The lowest BCUT2D eigenvalue weighted by molar-refractivity contribution is -0.117. The van der Waals surface area contributed by atoms with Gasteiger partial charge in [-0.25, -0.2) is 0 Å². The van der Waals surface area contributed by atoms with Crippen LogP contribution in [0.25, 0.3) is 0 Å². The molecular formula is C15H14N2O. The lowest BCUT2D eigenvalue weighted by Crippen LogP contribution is -2.14. The minimum Gasteiger partial charge on any atom is -0.399 e. The van der Waals surface area contributed by atoms with E-state index < -0.39 is 0 Å². The van der Waals surface area contributed by atoms with Crippen LogP contribution in [0.1, 0.15) is 17.0 Å². The maximum absolute atomic E-state index is 12.0. The van der Waals surface area contributed by atoms with Gasteiger partial charge in [-0.15, -0.1) is 0 Å². The molecule has 0 saturated carbocycles. The Kier molecular flexibility index (Phi) is 2.52. The number of para-hydroxylation sites is 1. The van der Waals surface area contributed by atoms with Gasteiger partial charge in [0.15, 0.2) is 0 Å². The highest BCUT2D eigenvalue weighted by atomic mass is 16.2. The number of nitrogens with two attached hydrogens (primary N) is 1. The average Bonchev–Trinajstić information content (AvgIpc) is 2.69. The average molecular weight is 238 g/mol. The van der Waals surface area contributed by atoms with Gasteiger partial charge < -0.3 is 11.1 Å². The van der Waals surface area contributed by atoms with Crippen LogP contribution in [0.5, 0.6) is 0 Å². The highest BCUT2D eigenvalue weighted by Crippen LogP contribution is 2.34. The molecule has 0 aliphatic carbocycles. The van der Waals surface area contributed by atoms with Gasteiger partial charge in [-0.2, -0.15) is 0 Å². The Morgan fingerprint density at radius 2 is 1.78 bits per heavy atom. The summed E-state index contributed by atoms with van der Waals surface area (Å²) in [6, 6.07) is 15.5. The van der Waals surface area contributed by atoms with E-state index in [9.17, 15) is 4.79 Å². The summed E-state index contributed by atoms with van der Waals surface area (Å²) in [6.45, 7) is 0. The molecule has 3 nitrogen and oxygen atoms in total. The van der Waals surface area contributed by atoms with E-state index in [0.29, 0.717) is 6.42 Å². The molecule has 90 valence electrons. The molecule has 0 radical (unpaired) electrons. The maximum atomic E-state index is 12.0. The van der Waals surface area contributed by atoms with Crippen molar-refractivity contribution in [3.05, 3.63) is 59.7 Å². The standard InChI is InChI=1S/C15H14N2O/c16-11-7-5-10(6-8-11)9-13-12-3-1-2-4-14(12)17-15(13)18/h1-8,13H,9,16H2,(H,17,18)/t13-/m0/s1. The van der Waals surface area contributed by atoms with Crippen molar-refractivity contribution in [2.75, 3.05) is 11.1 Å². The Balaban J connectivity index is 1.89. The molecule has 18 heavy (non-hydrogen) atoms. The van der Waals surface area contributed by atoms with Gasteiger partial charge in [0.2, 0.25) is 5.91 Å². The van der Waals surface area contributed by atoms with Crippen LogP contribution in [0.4, 0.5) is 11.4 Å². The number of fused-ring (bicyclic) bond motifs is 1. The fraction of sp³-hybridized carbons (Fsp3) is 0.133. The molecular weight excluding hydrogens is 224 g/mol. The monoisotopic (exact) mass is 238 g/mol. The van der Waals surface area contributed by atoms with Gasteiger partial charge in [0.25, 0.3) is 0 Å².